The van der Waals surface area contributed by atoms with Gasteiger partial charge in [-0.15, -0.1) is 0 Å². The van der Waals surface area contributed by atoms with E-state index < -0.39 is 6.10 Å². The molecular formula is C27H29N3O3. The topological polar surface area (TPSA) is 77.8 Å². The highest BCUT2D eigenvalue weighted by atomic mass is 16.5. The predicted molar refractivity (Wildman–Crippen MR) is 129 cm³/mol. The van der Waals surface area contributed by atoms with Gasteiger partial charge in [-0.05, 0) is 73.0 Å². The summed E-state index contributed by atoms with van der Waals surface area (Å²) in [6, 6.07) is 25.5. The van der Waals surface area contributed by atoms with Gasteiger partial charge in [0.2, 0.25) is 0 Å². The van der Waals surface area contributed by atoms with E-state index in [4.69, 9.17) is 14.7 Å². The lowest BCUT2D eigenvalue weighted by Crippen LogP contribution is -2.39. The zero-order chi connectivity index (χ0) is 23.0. The molecule has 1 aliphatic heterocycles. The van der Waals surface area contributed by atoms with E-state index in [9.17, 15) is 5.11 Å². The maximum atomic E-state index is 10.2. The number of benzene rings is 3. The number of para-hydroxylation sites is 1. The van der Waals surface area contributed by atoms with Crippen molar-refractivity contribution in [2.75, 3.05) is 31.6 Å². The first-order valence-electron chi connectivity index (χ1n) is 11.2. The number of anilines is 2. The summed E-state index contributed by atoms with van der Waals surface area (Å²) in [6.07, 6.45) is 1.35. The number of rotatable bonds is 9. The fraction of sp³-hybridized carbons (Fsp3) is 0.296. The van der Waals surface area contributed by atoms with Gasteiger partial charge in [0, 0.05) is 31.5 Å². The van der Waals surface area contributed by atoms with Gasteiger partial charge in [-0.3, -0.25) is 0 Å². The van der Waals surface area contributed by atoms with Crippen LogP contribution in [-0.4, -0.2) is 44.1 Å². The predicted octanol–water partition coefficient (Wildman–Crippen LogP) is 4.05. The third-order valence-corrected chi connectivity index (χ3v) is 5.78. The molecule has 3 aromatic carbocycles. The summed E-state index contributed by atoms with van der Waals surface area (Å²) in [4.78, 5) is 2.11. The van der Waals surface area contributed by atoms with Gasteiger partial charge < -0.3 is 24.8 Å². The Kier molecular flexibility index (Phi) is 7.46. The maximum absolute atomic E-state index is 10.2. The highest BCUT2D eigenvalue weighted by Crippen LogP contribution is 2.33. The van der Waals surface area contributed by atoms with Crippen molar-refractivity contribution in [2.45, 2.75) is 25.0 Å². The van der Waals surface area contributed by atoms with Crippen LogP contribution in [-0.2, 0) is 6.42 Å². The Morgan fingerprint density at radius 1 is 1.12 bits per heavy atom. The SMILES string of the molecule is CN(c1ccc(C#N)cc1)c1ccc2c(c1)CC[C@H](CNC[C@H](O)COc1ccccc1)O2. The van der Waals surface area contributed by atoms with Gasteiger partial charge in [0.25, 0.3) is 0 Å². The number of nitrogens with zero attached hydrogens (tertiary/aromatic N) is 2. The first-order chi connectivity index (χ1) is 16.1. The smallest absolute Gasteiger partial charge is 0.123 e. The largest absolute Gasteiger partial charge is 0.491 e. The minimum atomic E-state index is -0.582. The Labute approximate surface area is 195 Å². The van der Waals surface area contributed by atoms with Crippen molar-refractivity contribution in [1.82, 2.24) is 5.32 Å². The van der Waals surface area contributed by atoms with E-state index in [1.807, 2.05) is 67.7 Å². The van der Waals surface area contributed by atoms with Crippen LogP contribution in [0, 0.1) is 11.3 Å². The molecule has 2 atom stereocenters. The highest BCUT2D eigenvalue weighted by molar-refractivity contribution is 5.65. The Morgan fingerprint density at radius 3 is 2.64 bits per heavy atom. The second-order valence-electron chi connectivity index (χ2n) is 8.22. The Bertz CT molecular complexity index is 1080. The molecule has 0 radical (unpaired) electrons. The average Bonchev–Trinajstić information content (AvgIpc) is 2.87. The number of hydrogen-bond donors (Lipinski definition) is 2. The molecule has 6 heteroatoms. The molecular weight excluding hydrogens is 414 g/mol. The summed E-state index contributed by atoms with van der Waals surface area (Å²) in [5, 5.41) is 22.4. The van der Waals surface area contributed by atoms with Crippen LogP contribution in [0.3, 0.4) is 0 Å². The number of nitriles is 1. The van der Waals surface area contributed by atoms with Gasteiger partial charge in [0.1, 0.15) is 30.3 Å². The Balaban J connectivity index is 1.25. The van der Waals surface area contributed by atoms with Crippen LogP contribution in [0.5, 0.6) is 11.5 Å². The van der Waals surface area contributed by atoms with Crippen LogP contribution >= 0.6 is 0 Å². The van der Waals surface area contributed by atoms with Crippen molar-refractivity contribution >= 4 is 11.4 Å². The van der Waals surface area contributed by atoms with Crippen LogP contribution in [0.4, 0.5) is 11.4 Å². The minimum absolute atomic E-state index is 0.0712. The standard InChI is InChI=1S/C27H29N3O3/c1-30(22-10-7-20(16-28)8-11-22)23-12-14-27-21(15-23)9-13-26(33-27)18-29-17-24(31)19-32-25-5-3-2-4-6-25/h2-8,10-12,14-15,24,26,29,31H,9,13,17-19H2,1H3/t24-,26+/m0/s1. The third kappa shape index (κ3) is 6.04. The van der Waals surface area contributed by atoms with Gasteiger partial charge >= 0.3 is 0 Å². The molecule has 1 aliphatic rings. The first-order valence-corrected chi connectivity index (χ1v) is 11.2. The van der Waals surface area contributed by atoms with Gasteiger partial charge in [0.05, 0.1) is 11.6 Å². The maximum Gasteiger partial charge on any atom is 0.123 e. The average molecular weight is 444 g/mol. The molecule has 0 aromatic heterocycles. The van der Waals surface area contributed by atoms with E-state index in [-0.39, 0.29) is 12.7 Å². The van der Waals surface area contributed by atoms with E-state index in [1.165, 1.54) is 5.56 Å². The summed E-state index contributed by atoms with van der Waals surface area (Å²) < 4.78 is 11.8. The molecule has 6 nitrogen and oxygen atoms in total. The molecule has 0 saturated heterocycles. The summed E-state index contributed by atoms with van der Waals surface area (Å²) >= 11 is 0. The fourth-order valence-corrected chi connectivity index (χ4v) is 3.87. The lowest BCUT2D eigenvalue weighted by Gasteiger charge is -2.28. The van der Waals surface area contributed by atoms with Gasteiger partial charge in [0.15, 0.2) is 0 Å². The number of fused-ring (bicyclic) bond motifs is 1. The van der Waals surface area contributed by atoms with E-state index >= 15 is 0 Å². The molecule has 3 aromatic rings. The van der Waals surface area contributed by atoms with Crippen molar-refractivity contribution in [1.29, 1.82) is 5.26 Å². The molecule has 33 heavy (non-hydrogen) atoms. The van der Waals surface area contributed by atoms with Crippen molar-refractivity contribution in [3.05, 3.63) is 83.9 Å². The van der Waals surface area contributed by atoms with Crippen molar-refractivity contribution in [3.63, 3.8) is 0 Å². The van der Waals surface area contributed by atoms with Crippen molar-refractivity contribution in [3.8, 4) is 17.6 Å². The molecule has 4 rings (SSSR count). The molecule has 0 saturated carbocycles. The van der Waals surface area contributed by atoms with Gasteiger partial charge in [-0.1, -0.05) is 18.2 Å². The molecule has 0 amide bonds. The Morgan fingerprint density at radius 2 is 1.88 bits per heavy atom. The van der Waals surface area contributed by atoms with Crippen LogP contribution in [0.2, 0.25) is 0 Å². The highest BCUT2D eigenvalue weighted by Gasteiger charge is 2.21. The second kappa shape index (κ2) is 10.9. The lowest BCUT2D eigenvalue weighted by atomic mass is 10.0. The quantitative estimate of drug-likeness (QED) is 0.520. The summed E-state index contributed by atoms with van der Waals surface area (Å²) in [5.41, 5.74) is 3.96. The zero-order valence-electron chi connectivity index (χ0n) is 18.8. The van der Waals surface area contributed by atoms with E-state index in [2.05, 4.69) is 28.4 Å². The molecule has 170 valence electrons. The fourth-order valence-electron chi connectivity index (χ4n) is 3.87. The van der Waals surface area contributed by atoms with Gasteiger partial charge in [-0.25, -0.2) is 0 Å². The van der Waals surface area contributed by atoms with Crippen molar-refractivity contribution < 1.29 is 14.6 Å². The number of aliphatic hydroxyl groups excluding tert-OH is 1. The third-order valence-electron chi connectivity index (χ3n) is 5.78. The molecule has 0 unspecified atom stereocenters. The van der Waals surface area contributed by atoms with E-state index in [0.717, 1.165) is 35.7 Å². The van der Waals surface area contributed by atoms with Crippen molar-refractivity contribution in [2.24, 2.45) is 0 Å². The number of hydrogen-bond acceptors (Lipinski definition) is 6. The molecule has 1 heterocycles. The molecule has 0 spiro atoms. The zero-order valence-corrected chi connectivity index (χ0v) is 18.8. The monoisotopic (exact) mass is 443 g/mol. The number of aliphatic hydroxyl groups is 1. The summed E-state index contributed by atoms with van der Waals surface area (Å²) in [6.45, 7) is 1.38. The number of aryl methyl sites for hydroxylation is 1. The lowest BCUT2D eigenvalue weighted by molar-refractivity contribution is 0.0998. The van der Waals surface area contributed by atoms with E-state index in [1.54, 1.807) is 0 Å². The van der Waals surface area contributed by atoms with Gasteiger partial charge in [-0.2, -0.15) is 5.26 Å². The molecule has 0 aliphatic carbocycles. The van der Waals surface area contributed by atoms with E-state index in [0.29, 0.717) is 18.7 Å². The van der Waals surface area contributed by atoms with Crippen LogP contribution in [0.15, 0.2) is 72.8 Å². The number of nitrogens with one attached hydrogen (secondary N) is 1. The molecule has 0 bridgehead atoms. The minimum Gasteiger partial charge on any atom is -0.491 e. The second-order valence-corrected chi connectivity index (χ2v) is 8.22. The Hall–Kier alpha value is -3.53. The molecule has 0 fully saturated rings. The van der Waals surface area contributed by atoms with Crippen LogP contribution < -0.4 is 19.7 Å². The van der Waals surface area contributed by atoms with Crippen LogP contribution in [0.1, 0.15) is 17.5 Å². The molecule has 2 N–H and O–H groups in total. The van der Waals surface area contributed by atoms with Crippen LogP contribution in [0.25, 0.3) is 0 Å². The summed E-state index contributed by atoms with van der Waals surface area (Å²) in [7, 11) is 2.02. The summed E-state index contributed by atoms with van der Waals surface area (Å²) in [5.74, 6) is 1.67. The normalized spacial score (nSPS) is 15.6. The number of ether oxygens (including phenoxy) is 2. The first kappa shape index (κ1) is 22.7.